The Morgan fingerprint density at radius 2 is 1.83 bits per heavy atom. The number of carbonyl (C=O) groups excluding carboxylic acids is 1. The number of sulfonamides is 1. The molecular weight excluding hydrogens is 326 g/mol. The van der Waals surface area contributed by atoms with Crippen molar-refractivity contribution < 1.29 is 13.2 Å². The van der Waals surface area contributed by atoms with Gasteiger partial charge in [-0.15, -0.1) is 0 Å². The number of amides is 1. The van der Waals surface area contributed by atoms with Gasteiger partial charge in [0.25, 0.3) is 0 Å². The minimum Gasteiger partial charge on any atom is -0.370 e. The highest BCUT2D eigenvalue weighted by atomic mass is 32.2. The van der Waals surface area contributed by atoms with Crippen LogP contribution in [0.3, 0.4) is 0 Å². The molecule has 7 heteroatoms. The average molecular weight is 351 g/mol. The Balaban J connectivity index is 1.71. The van der Waals surface area contributed by atoms with E-state index in [0.717, 1.165) is 37.3 Å². The van der Waals surface area contributed by atoms with Gasteiger partial charge in [-0.2, -0.15) is 0 Å². The minimum absolute atomic E-state index is 0.0880. The number of anilines is 2. The molecule has 1 aromatic carbocycles. The maximum Gasteiger partial charge on any atom is 0.228 e. The van der Waals surface area contributed by atoms with Crippen molar-refractivity contribution in [1.29, 1.82) is 0 Å². The number of carbonyl (C=O) groups is 1. The topological polar surface area (TPSA) is 69.7 Å². The van der Waals surface area contributed by atoms with E-state index >= 15 is 0 Å². The lowest BCUT2D eigenvalue weighted by molar-refractivity contribution is -0.120. The van der Waals surface area contributed by atoms with Crippen molar-refractivity contribution in [3.8, 4) is 0 Å². The Hall–Kier alpha value is -1.60. The lowest BCUT2D eigenvalue weighted by Crippen LogP contribution is -2.43. The predicted molar refractivity (Wildman–Crippen MR) is 95.7 cm³/mol. The van der Waals surface area contributed by atoms with Crippen LogP contribution < -0.4 is 10.2 Å². The molecule has 1 atom stereocenters. The lowest BCUT2D eigenvalue weighted by atomic mass is 9.98. The third-order valence-corrected chi connectivity index (χ3v) is 6.10. The first-order valence-electron chi connectivity index (χ1n) is 8.55. The van der Waals surface area contributed by atoms with E-state index in [1.54, 1.807) is 0 Å². The molecule has 2 fully saturated rings. The number of hydrogen-bond donors (Lipinski definition) is 1. The van der Waals surface area contributed by atoms with Gasteiger partial charge in [0.15, 0.2) is 0 Å². The van der Waals surface area contributed by atoms with Gasteiger partial charge in [-0.05, 0) is 37.8 Å². The summed E-state index contributed by atoms with van der Waals surface area (Å²) in [7, 11) is -3.24. The third kappa shape index (κ3) is 3.89. The molecule has 0 radical (unpaired) electrons. The molecular formula is C17H25N3O3S. The maximum atomic E-state index is 12.7. The second-order valence-electron chi connectivity index (χ2n) is 6.66. The minimum atomic E-state index is -3.24. The fraction of sp³-hybridized carbons (Fsp3) is 0.588. The average Bonchev–Trinajstić information content (AvgIpc) is 3.09. The zero-order valence-electron chi connectivity index (χ0n) is 14.1. The second kappa shape index (κ2) is 7.11. The smallest absolute Gasteiger partial charge is 0.228 e. The molecule has 6 nitrogen and oxygen atoms in total. The van der Waals surface area contributed by atoms with E-state index < -0.39 is 10.0 Å². The van der Waals surface area contributed by atoms with Crippen molar-refractivity contribution in [1.82, 2.24) is 4.31 Å². The van der Waals surface area contributed by atoms with Crippen molar-refractivity contribution >= 4 is 27.3 Å². The standard InChI is InChI=1S/C17H25N3O3S/c1-24(22,23)20-12-6-7-14(13-20)17(21)18-15-8-2-3-9-16(15)19-10-4-5-11-19/h2-3,8-9,14H,4-7,10-13H2,1H3,(H,18,21). The molecule has 0 spiro atoms. The first-order chi connectivity index (χ1) is 11.4. The SMILES string of the molecule is CS(=O)(=O)N1CCCC(C(=O)Nc2ccccc2N2CCCC2)C1. The van der Waals surface area contributed by atoms with Crippen LogP contribution in [0.25, 0.3) is 0 Å². The number of benzene rings is 1. The Bertz CT molecular complexity index is 699. The van der Waals surface area contributed by atoms with E-state index in [-0.39, 0.29) is 18.4 Å². The van der Waals surface area contributed by atoms with E-state index in [1.165, 1.54) is 23.4 Å². The monoisotopic (exact) mass is 351 g/mol. The van der Waals surface area contributed by atoms with E-state index in [4.69, 9.17) is 0 Å². The number of piperidine rings is 1. The first kappa shape index (κ1) is 17.2. The molecule has 3 rings (SSSR count). The molecule has 0 aliphatic carbocycles. The molecule has 0 bridgehead atoms. The van der Waals surface area contributed by atoms with Gasteiger partial charge in [-0.3, -0.25) is 4.79 Å². The molecule has 132 valence electrons. The number of hydrogen-bond acceptors (Lipinski definition) is 4. The van der Waals surface area contributed by atoms with Crippen LogP contribution in [-0.2, 0) is 14.8 Å². The summed E-state index contributed by atoms with van der Waals surface area (Å²) in [4.78, 5) is 14.9. The molecule has 2 aliphatic heterocycles. The van der Waals surface area contributed by atoms with Crippen molar-refractivity contribution in [2.75, 3.05) is 42.7 Å². The van der Waals surface area contributed by atoms with Crippen LogP contribution in [0.1, 0.15) is 25.7 Å². The zero-order valence-corrected chi connectivity index (χ0v) is 14.9. The van der Waals surface area contributed by atoms with Crippen LogP contribution in [0.4, 0.5) is 11.4 Å². The molecule has 2 saturated heterocycles. The summed E-state index contributed by atoms with van der Waals surface area (Å²) in [6, 6.07) is 7.85. The highest BCUT2D eigenvalue weighted by molar-refractivity contribution is 7.88. The van der Waals surface area contributed by atoms with E-state index in [0.29, 0.717) is 6.54 Å². The molecule has 0 aromatic heterocycles. The van der Waals surface area contributed by atoms with Crippen LogP contribution in [0, 0.1) is 5.92 Å². The lowest BCUT2D eigenvalue weighted by Gasteiger charge is -2.30. The molecule has 1 aromatic rings. The molecule has 2 heterocycles. The number of rotatable bonds is 4. The predicted octanol–water partition coefficient (Wildman–Crippen LogP) is 1.90. The van der Waals surface area contributed by atoms with Crippen molar-refractivity contribution in [3.05, 3.63) is 24.3 Å². The van der Waals surface area contributed by atoms with Gasteiger partial charge in [0, 0.05) is 26.2 Å². The Kier molecular flexibility index (Phi) is 5.10. The van der Waals surface area contributed by atoms with Crippen LogP contribution in [0.2, 0.25) is 0 Å². The van der Waals surface area contributed by atoms with Crippen molar-refractivity contribution in [2.45, 2.75) is 25.7 Å². The summed E-state index contributed by atoms with van der Waals surface area (Å²) in [5.74, 6) is -0.380. The fourth-order valence-corrected chi connectivity index (χ4v) is 4.42. The maximum absolute atomic E-state index is 12.7. The summed E-state index contributed by atoms with van der Waals surface area (Å²) in [6.07, 6.45) is 5.00. The van der Waals surface area contributed by atoms with Crippen LogP contribution >= 0.6 is 0 Å². The number of nitrogens with one attached hydrogen (secondary N) is 1. The summed E-state index contributed by atoms with van der Waals surface area (Å²) >= 11 is 0. The number of nitrogens with zero attached hydrogens (tertiary/aromatic N) is 2. The molecule has 2 aliphatic rings. The molecule has 1 N–H and O–H groups in total. The summed E-state index contributed by atoms with van der Waals surface area (Å²) in [5.41, 5.74) is 1.88. The van der Waals surface area contributed by atoms with Crippen molar-refractivity contribution in [2.24, 2.45) is 5.92 Å². The van der Waals surface area contributed by atoms with Gasteiger partial charge in [0.2, 0.25) is 15.9 Å². The Morgan fingerprint density at radius 1 is 1.12 bits per heavy atom. The largest absolute Gasteiger partial charge is 0.370 e. The van der Waals surface area contributed by atoms with Crippen LogP contribution in [0.15, 0.2) is 24.3 Å². The quantitative estimate of drug-likeness (QED) is 0.899. The van der Waals surface area contributed by atoms with Gasteiger partial charge < -0.3 is 10.2 Å². The van der Waals surface area contributed by atoms with E-state index in [2.05, 4.69) is 10.2 Å². The van der Waals surface area contributed by atoms with Gasteiger partial charge in [0.1, 0.15) is 0 Å². The third-order valence-electron chi connectivity index (χ3n) is 4.83. The summed E-state index contributed by atoms with van der Waals surface area (Å²) in [5, 5.41) is 3.03. The van der Waals surface area contributed by atoms with Gasteiger partial charge >= 0.3 is 0 Å². The first-order valence-corrected chi connectivity index (χ1v) is 10.4. The van der Waals surface area contributed by atoms with E-state index in [9.17, 15) is 13.2 Å². The fourth-order valence-electron chi connectivity index (χ4n) is 3.51. The molecule has 1 amide bonds. The Morgan fingerprint density at radius 3 is 2.54 bits per heavy atom. The van der Waals surface area contributed by atoms with Gasteiger partial charge in [-0.25, -0.2) is 12.7 Å². The Labute approximate surface area is 143 Å². The van der Waals surface area contributed by atoms with Gasteiger partial charge in [-0.1, -0.05) is 12.1 Å². The highest BCUT2D eigenvalue weighted by Crippen LogP contribution is 2.29. The summed E-state index contributed by atoms with van der Waals surface area (Å²) < 4.78 is 24.9. The second-order valence-corrected chi connectivity index (χ2v) is 8.64. The van der Waals surface area contributed by atoms with Crippen LogP contribution in [-0.4, -0.2) is 51.1 Å². The molecule has 1 unspecified atom stereocenters. The normalized spacial score (nSPS) is 22.5. The molecule has 24 heavy (non-hydrogen) atoms. The highest BCUT2D eigenvalue weighted by Gasteiger charge is 2.30. The summed E-state index contributed by atoms with van der Waals surface area (Å²) in [6.45, 7) is 2.81. The zero-order chi connectivity index (χ0) is 17.2. The molecule has 0 saturated carbocycles. The van der Waals surface area contributed by atoms with Crippen LogP contribution in [0.5, 0.6) is 0 Å². The van der Waals surface area contributed by atoms with E-state index in [1.807, 2.05) is 24.3 Å². The van der Waals surface area contributed by atoms with Crippen molar-refractivity contribution in [3.63, 3.8) is 0 Å². The van der Waals surface area contributed by atoms with Gasteiger partial charge in [0.05, 0.1) is 23.5 Å². The number of para-hydroxylation sites is 2.